The maximum absolute atomic E-state index is 12.8. The van der Waals surface area contributed by atoms with E-state index in [9.17, 15) is 8.42 Å². The van der Waals surface area contributed by atoms with E-state index in [1.165, 1.54) is 10.7 Å². The molecule has 0 fully saturated rings. The summed E-state index contributed by atoms with van der Waals surface area (Å²) in [6.45, 7) is 1.76. The van der Waals surface area contributed by atoms with Crippen molar-refractivity contribution in [3.63, 3.8) is 0 Å². The van der Waals surface area contributed by atoms with Crippen LogP contribution in [0.2, 0.25) is 5.02 Å². The Labute approximate surface area is 161 Å². The third-order valence-corrected chi connectivity index (χ3v) is 5.51. The summed E-state index contributed by atoms with van der Waals surface area (Å²) in [5.74, 6) is 0.0999. The number of aromatic nitrogens is 2. The second-order valence-electron chi connectivity index (χ2n) is 6.06. The van der Waals surface area contributed by atoms with Crippen molar-refractivity contribution in [1.82, 2.24) is 9.78 Å². The second-order valence-corrected chi connectivity index (χ2v) is 8.04. The quantitative estimate of drug-likeness (QED) is 0.465. The maximum Gasteiger partial charge on any atom is 0.340 e. The summed E-state index contributed by atoms with van der Waals surface area (Å²) in [5, 5.41) is 6.61. The van der Waals surface area contributed by atoms with Gasteiger partial charge in [0.15, 0.2) is 0 Å². The molecule has 4 aromatic rings. The monoisotopic (exact) mass is 398 g/mol. The fraction of sp³-hybridized carbons (Fsp3) is 0.0500. The SMILES string of the molecule is Cc1cc(OS(=O)(=O)c2ccc3ccccc3c2)n(-c2cccc(Cl)c2)n1. The first kappa shape index (κ1) is 17.6. The number of nitrogens with zero attached hydrogens (tertiary/aromatic N) is 2. The lowest BCUT2D eigenvalue weighted by Crippen LogP contribution is -2.12. The molecule has 27 heavy (non-hydrogen) atoms. The molecule has 0 unspecified atom stereocenters. The average Bonchev–Trinajstić information content (AvgIpc) is 3.01. The van der Waals surface area contributed by atoms with Gasteiger partial charge in [0.05, 0.1) is 11.4 Å². The molecule has 0 saturated heterocycles. The minimum Gasteiger partial charge on any atom is -0.358 e. The summed E-state index contributed by atoms with van der Waals surface area (Å²) >= 11 is 6.04. The average molecular weight is 399 g/mol. The molecule has 0 aliphatic rings. The first-order valence-electron chi connectivity index (χ1n) is 8.18. The van der Waals surface area contributed by atoms with E-state index in [-0.39, 0.29) is 10.8 Å². The lowest BCUT2D eigenvalue weighted by Gasteiger charge is -2.10. The zero-order valence-corrected chi connectivity index (χ0v) is 15.9. The summed E-state index contributed by atoms with van der Waals surface area (Å²) in [7, 11) is -4.03. The molecule has 1 aromatic heterocycles. The molecular weight excluding hydrogens is 384 g/mol. The summed E-state index contributed by atoms with van der Waals surface area (Å²) < 4.78 is 32.5. The Morgan fingerprint density at radius 3 is 2.48 bits per heavy atom. The van der Waals surface area contributed by atoms with E-state index < -0.39 is 10.1 Å². The molecule has 0 atom stereocenters. The van der Waals surface area contributed by atoms with Crippen LogP contribution in [0.25, 0.3) is 16.5 Å². The highest BCUT2D eigenvalue weighted by molar-refractivity contribution is 7.87. The second kappa shape index (κ2) is 6.72. The van der Waals surface area contributed by atoms with Crippen molar-refractivity contribution in [2.75, 3.05) is 0 Å². The van der Waals surface area contributed by atoms with Crippen molar-refractivity contribution >= 4 is 32.5 Å². The molecule has 0 bridgehead atoms. The highest BCUT2D eigenvalue weighted by Crippen LogP contribution is 2.26. The van der Waals surface area contributed by atoms with Crippen LogP contribution in [0.4, 0.5) is 0 Å². The fourth-order valence-corrected chi connectivity index (χ4v) is 3.94. The standard InChI is InChI=1S/C20H15ClN2O3S/c1-14-11-20(23(22-14)18-8-4-7-17(21)13-18)26-27(24,25)19-10-9-15-5-2-3-6-16(15)12-19/h2-13H,1H3. The molecule has 136 valence electrons. The Morgan fingerprint density at radius 1 is 0.926 bits per heavy atom. The Bertz CT molecular complexity index is 1250. The highest BCUT2D eigenvalue weighted by atomic mass is 35.5. The number of aryl methyl sites for hydroxylation is 1. The van der Waals surface area contributed by atoms with Gasteiger partial charge >= 0.3 is 10.1 Å². The number of fused-ring (bicyclic) bond motifs is 1. The third kappa shape index (κ3) is 3.54. The molecule has 0 radical (unpaired) electrons. The molecule has 0 saturated carbocycles. The van der Waals surface area contributed by atoms with Crippen LogP contribution in [0.5, 0.6) is 5.88 Å². The molecule has 7 heteroatoms. The van der Waals surface area contributed by atoms with Crippen LogP contribution >= 0.6 is 11.6 Å². The molecular formula is C20H15ClN2O3S. The van der Waals surface area contributed by atoms with Gasteiger partial charge in [0.25, 0.3) is 0 Å². The Hall–Kier alpha value is -2.83. The van der Waals surface area contributed by atoms with E-state index in [0.29, 0.717) is 16.4 Å². The normalized spacial score (nSPS) is 11.6. The zero-order chi connectivity index (χ0) is 19.0. The van der Waals surface area contributed by atoms with Crippen LogP contribution in [0, 0.1) is 6.92 Å². The number of benzene rings is 3. The smallest absolute Gasteiger partial charge is 0.340 e. The minimum atomic E-state index is -4.03. The molecule has 1 heterocycles. The van der Waals surface area contributed by atoms with Gasteiger partial charge in [0.2, 0.25) is 5.88 Å². The van der Waals surface area contributed by atoms with Crippen LogP contribution in [0.1, 0.15) is 5.69 Å². The number of halogens is 1. The van der Waals surface area contributed by atoms with E-state index in [0.717, 1.165) is 10.8 Å². The van der Waals surface area contributed by atoms with Gasteiger partial charge < -0.3 is 4.18 Å². The molecule has 0 amide bonds. The Balaban J connectivity index is 1.74. The van der Waals surface area contributed by atoms with Gasteiger partial charge in [0, 0.05) is 11.1 Å². The highest BCUT2D eigenvalue weighted by Gasteiger charge is 2.21. The molecule has 3 aromatic carbocycles. The van der Waals surface area contributed by atoms with Gasteiger partial charge in [-0.15, -0.1) is 0 Å². The van der Waals surface area contributed by atoms with Crippen molar-refractivity contribution in [2.24, 2.45) is 0 Å². The topological polar surface area (TPSA) is 61.2 Å². The number of rotatable bonds is 4. The van der Waals surface area contributed by atoms with Gasteiger partial charge in [-0.25, -0.2) is 0 Å². The van der Waals surface area contributed by atoms with Gasteiger partial charge in [-0.2, -0.15) is 18.2 Å². The van der Waals surface area contributed by atoms with Crippen LogP contribution in [-0.2, 0) is 10.1 Å². The molecule has 0 aliphatic heterocycles. The predicted octanol–water partition coefficient (Wildman–Crippen LogP) is 4.76. The molecule has 0 aliphatic carbocycles. The van der Waals surface area contributed by atoms with E-state index in [4.69, 9.17) is 15.8 Å². The zero-order valence-electron chi connectivity index (χ0n) is 14.3. The third-order valence-electron chi connectivity index (χ3n) is 4.06. The maximum atomic E-state index is 12.8. The molecule has 4 rings (SSSR count). The molecule has 0 spiro atoms. The Morgan fingerprint density at radius 2 is 1.70 bits per heavy atom. The van der Waals surface area contributed by atoms with Crippen LogP contribution < -0.4 is 4.18 Å². The first-order valence-corrected chi connectivity index (χ1v) is 9.97. The van der Waals surface area contributed by atoms with Gasteiger partial charge in [0.1, 0.15) is 4.90 Å². The fourth-order valence-electron chi connectivity index (χ4n) is 2.81. The van der Waals surface area contributed by atoms with Gasteiger partial charge in [-0.3, -0.25) is 0 Å². The lowest BCUT2D eigenvalue weighted by atomic mass is 10.1. The van der Waals surface area contributed by atoms with Crippen molar-refractivity contribution in [1.29, 1.82) is 0 Å². The van der Waals surface area contributed by atoms with Crippen LogP contribution in [0.15, 0.2) is 77.7 Å². The van der Waals surface area contributed by atoms with E-state index in [1.807, 2.05) is 24.3 Å². The summed E-state index contributed by atoms with van der Waals surface area (Å²) in [5.41, 5.74) is 1.23. The largest absolute Gasteiger partial charge is 0.358 e. The molecule has 0 N–H and O–H groups in total. The van der Waals surface area contributed by atoms with E-state index in [1.54, 1.807) is 49.4 Å². The number of hydrogen-bond donors (Lipinski definition) is 0. The van der Waals surface area contributed by atoms with Crippen molar-refractivity contribution in [2.45, 2.75) is 11.8 Å². The van der Waals surface area contributed by atoms with Crippen molar-refractivity contribution in [3.8, 4) is 11.6 Å². The first-order chi connectivity index (χ1) is 12.9. The van der Waals surface area contributed by atoms with Gasteiger partial charge in [-0.05, 0) is 48.0 Å². The van der Waals surface area contributed by atoms with Crippen LogP contribution in [-0.4, -0.2) is 18.2 Å². The van der Waals surface area contributed by atoms with E-state index in [2.05, 4.69) is 5.10 Å². The predicted molar refractivity (Wildman–Crippen MR) is 105 cm³/mol. The minimum absolute atomic E-state index is 0.0812. The summed E-state index contributed by atoms with van der Waals surface area (Å²) in [6, 6.07) is 20.9. The van der Waals surface area contributed by atoms with Crippen molar-refractivity contribution in [3.05, 3.63) is 83.5 Å². The summed E-state index contributed by atoms with van der Waals surface area (Å²) in [4.78, 5) is 0.0812. The van der Waals surface area contributed by atoms with Crippen molar-refractivity contribution < 1.29 is 12.6 Å². The van der Waals surface area contributed by atoms with E-state index >= 15 is 0 Å². The van der Waals surface area contributed by atoms with Gasteiger partial charge in [-0.1, -0.05) is 48.0 Å². The number of hydrogen-bond acceptors (Lipinski definition) is 4. The summed E-state index contributed by atoms with van der Waals surface area (Å²) in [6.07, 6.45) is 0. The Kier molecular flexibility index (Phi) is 4.37. The van der Waals surface area contributed by atoms with Crippen LogP contribution in [0.3, 0.4) is 0 Å². The lowest BCUT2D eigenvalue weighted by molar-refractivity contribution is 0.465. The molecule has 5 nitrogen and oxygen atoms in total.